The van der Waals surface area contributed by atoms with Crippen LogP contribution in [0.15, 0.2) is 30.3 Å². The Hall–Kier alpha value is -0.920. The van der Waals surface area contributed by atoms with E-state index in [0.717, 1.165) is 0 Å². The number of rotatable bonds is 2. The van der Waals surface area contributed by atoms with Crippen molar-refractivity contribution >= 4 is 18.2 Å². The molecule has 0 heterocycles. The van der Waals surface area contributed by atoms with Crippen molar-refractivity contribution in [2.45, 2.75) is 20.8 Å². The van der Waals surface area contributed by atoms with E-state index in [-0.39, 0.29) is 5.30 Å². The fourth-order valence-corrected chi connectivity index (χ4v) is 2.92. The molecule has 0 saturated carbocycles. The van der Waals surface area contributed by atoms with E-state index in [1.165, 1.54) is 12.1 Å². The topological polar surface area (TPSA) is 54.4 Å². The van der Waals surface area contributed by atoms with E-state index in [0.29, 0.717) is 0 Å². The first-order valence-corrected chi connectivity index (χ1v) is 6.35. The van der Waals surface area contributed by atoms with Crippen molar-refractivity contribution in [1.29, 1.82) is 0 Å². The third kappa shape index (κ3) is 2.55. The average molecular weight is 226 g/mol. The highest BCUT2D eigenvalue weighted by atomic mass is 31.2. The molecule has 4 heteroatoms. The standard InChI is InChI=1S/C11H15O3P/c1-11(2,3)10(12)15(13,14)9-7-5-4-6-8-9/h4-8H,1-3H3,(H,13,14). The zero-order valence-corrected chi connectivity index (χ0v) is 9.99. The predicted octanol–water partition coefficient (Wildman–Crippen LogP) is 2.16. The van der Waals surface area contributed by atoms with Gasteiger partial charge < -0.3 is 4.89 Å². The monoisotopic (exact) mass is 226 g/mol. The second-order valence-corrected chi connectivity index (χ2v) is 6.54. The largest absolute Gasteiger partial charge is 0.336 e. The zero-order chi connectivity index (χ0) is 11.7. The molecular weight excluding hydrogens is 211 g/mol. The van der Waals surface area contributed by atoms with Crippen molar-refractivity contribution in [3.63, 3.8) is 0 Å². The maximum absolute atomic E-state index is 12.0. The van der Waals surface area contributed by atoms with Gasteiger partial charge in [0, 0.05) is 10.7 Å². The summed E-state index contributed by atoms with van der Waals surface area (Å²) in [6, 6.07) is 8.04. The molecule has 0 fully saturated rings. The Morgan fingerprint density at radius 3 is 2.07 bits per heavy atom. The molecule has 0 aliphatic heterocycles. The Morgan fingerprint density at radius 2 is 1.67 bits per heavy atom. The Balaban J connectivity index is 3.16. The molecule has 0 aliphatic carbocycles. The summed E-state index contributed by atoms with van der Waals surface area (Å²) in [4.78, 5) is 21.6. The van der Waals surface area contributed by atoms with E-state index in [1.54, 1.807) is 39.0 Å². The van der Waals surface area contributed by atoms with E-state index in [9.17, 15) is 14.3 Å². The number of hydrogen-bond acceptors (Lipinski definition) is 2. The van der Waals surface area contributed by atoms with Gasteiger partial charge in [0.1, 0.15) is 0 Å². The van der Waals surface area contributed by atoms with Gasteiger partial charge in [0.2, 0.25) is 5.52 Å². The van der Waals surface area contributed by atoms with E-state index in [1.807, 2.05) is 0 Å². The van der Waals surface area contributed by atoms with Crippen LogP contribution in [-0.4, -0.2) is 10.4 Å². The predicted molar refractivity (Wildman–Crippen MR) is 60.4 cm³/mol. The van der Waals surface area contributed by atoms with Crippen LogP contribution < -0.4 is 5.30 Å². The Morgan fingerprint density at radius 1 is 1.20 bits per heavy atom. The van der Waals surface area contributed by atoms with Crippen LogP contribution >= 0.6 is 7.37 Å². The summed E-state index contributed by atoms with van der Waals surface area (Å²) < 4.78 is 12.0. The van der Waals surface area contributed by atoms with Crippen LogP contribution in [-0.2, 0) is 9.36 Å². The molecule has 0 aromatic heterocycles. The lowest BCUT2D eigenvalue weighted by atomic mass is 9.99. The quantitative estimate of drug-likeness (QED) is 0.786. The number of benzene rings is 1. The van der Waals surface area contributed by atoms with Gasteiger partial charge >= 0.3 is 0 Å². The lowest BCUT2D eigenvalue weighted by molar-refractivity contribution is -0.119. The molecule has 15 heavy (non-hydrogen) atoms. The van der Waals surface area contributed by atoms with Gasteiger partial charge in [-0.15, -0.1) is 0 Å². The summed E-state index contributed by atoms with van der Waals surface area (Å²) in [5.74, 6) is 0. The first-order chi connectivity index (χ1) is 6.76. The molecule has 0 spiro atoms. The minimum Gasteiger partial charge on any atom is -0.336 e. The van der Waals surface area contributed by atoms with Crippen molar-refractivity contribution < 1.29 is 14.3 Å². The molecule has 1 N–H and O–H groups in total. The van der Waals surface area contributed by atoms with Crippen LogP contribution in [0.1, 0.15) is 20.8 Å². The summed E-state index contributed by atoms with van der Waals surface area (Å²) in [6.45, 7) is 4.92. The van der Waals surface area contributed by atoms with Crippen LogP contribution in [0.25, 0.3) is 0 Å². The average Bonchev–Trinajstić information content (AvgIpc) is 2.16. The van der Waals surface area contributed by atoms with Gasteiger partial charge in [0.05, 0.1) is 0 Å². The van der Waals surface area contributed by atoms with E-state index < -0.39 is 18.3 Å². The van der Waals surface area contributed by atoms with Gasteiger partial charge in [0.15, 0.2) is 0 Å². The minimum absolute atomic E-state index is 0.199. The summed E-state index contributed by atoms with van der Waals surface area (Å²) in [6.07, 6.45) is 0. The minimum atomic E-state index is -3.90. The van der Waals surface area contributed by atoms with Gasteiger partial charge in [0.25, 0.3) is 7.37 Å². The molecule has 1 unspecified atom stereocenters. The molecule has 1 atom stereocenters. The lowest BCUT2D eigenvalue weighted by Gasteiger charge is -2.20. The number of carbonyl (C=O) groups excluding carboxylic acids is 1. The van der Waals surface area contributed by atoms with Crippen LogP contribution in [0.3, 0.4) is 0 Å². The third-order valence-corrected chi connectivity index (χ3v) is 4.24. The summed E-state index contributed by atoms with van der Waals surface area (Å²) in [7, 11) is -3.90. The van der Waals surface area contributed by atoms with Gasteiger partial charge in [-0.3, -0.25) is 9.36 Å². The first kappa shape index (κ1) is 12.2. The normalized spacial score (nSPS) is 15.7. The molecular formula is C11H15O3P. The van der Waals surface area contributed by atoms with Gasteiger partial charge in [-0.25, -0.2) is 0 Å². The van der Waals surface area contributed by atoms with Crippen molar-refractivity contribution in [3.05, 3.63) is 30.3 Å². The second kappa shape index (κ2) is 3.92. The van der Waals surface area contributed by atoms with E-state index in [2.05, 4.69) is 0 Å². The molecule has 82 valence electrons. The van der Waals surface area contributed by atoms with E-state index >= 15 is 0 Å². The second-order valence-electron chi connectivity index (χ2n) is 4.47. The maximum atomic E-state index is 12.0. The number of carbonyl (C=O) groups is 1. The molecule has 1 aromatic rings. The fourth-order valence-electron chi connectivity index (χ4n) is 1.20. The molecule has 0 radical (unpaired) electrons. The SMILES string of the molecule is CC(C)(C)C(=O)P(=O)(O)c1ccccc1. The van der Waals surface area contributed by atoms with Crippen molar-refractivity contribution in [1.82, 2.24) is 0 Å². The summed E-state index contributed by atoms with van der Waals surface area (Å²) in [5.41, 5.74) is -1.42. The summed E-state index contributed by atoms with van der Waals surface area (Å²) >= 11 is 0. The van der Waals surface area contributed by atoms with Gasteiger partial charge in [-0.1, -0.05) is 39.0 Å². The molecule has 0 amide bonds. The molecule has 0 aliphatic rings. The van der Waals surface area contributed by atoms with Crippen LogP contribution in [0.5, 0.6) is 0 Å². The summed E-state index contributed by atoms with van der Waals surface area (Å²) in [5, 5.41) is 0.199. The molecule has 3 nitrogen and oxygen atoms in total. The van der Waals surface area contributed by atoms with Crippen molar-refractivity contribution in [3.8, 4) is 0 Å². The molecule has 1 rings (SSSR count). The Bertz CT molecular complexity index is 404. The zero-order valence-electron chi connectivity index (χ0n) is 9.10. The lowest BCUT2D eigenvalue weighted by Crippen LogP contribution is -2.24. The van der Waals surface area contributed by atoms with Crippen LogP contribution in [0.2, 0.25) is 0 Å². The Labute approximate surface area is 89.6 Å². The highest BCUT2D eigenvalue weighted by Gasteiger charge is 2.38. The van der Waals surface area contributed by atoms with Gasteiger partial charge in [-0.2, -0.15) is 0 Å². The maximum Gasteiger partial charge on any atom is 0.293 e. The first-order valence-electron chi connectivity index (χ1n) is 4.69. The fraction of sp³-hybridized carbons (Fsp3) is 0.364. The van der Waals surface area contributed by atoms with E-state index in [4.69, 9.17) is 0 Å². The van der Waals surface area contributed by atoms with Crippen molar-refractivity contribution in [2.75, 3.05) is 0 Å². The molecule has 0 saturated heterocycles. The van der Waals surface area contributed by atoms with Crippen LogP contribution in [0, 0.1) is 5.41 Å². The smallest absolute Gasteiger partial charge is 0.293 e. The van der Waals surface area contributed by atoms with Crippen molar-refractivity contribution in [2.24, 2.45) is 5.41 Å². The highest BCUT2D eigenvalue weighted by Crippen LogP contribution is 2.46. The number of hydrogen-bond donors (Lipinski definition) is 1. The molecule has 1 aromatic carbocycles. The third-order valence-electron chi connectivity index (χ3n) is 2.02. The molecule has 0 bridgehead atoms. The van der Waals surface area contributed by atoms with Crippen LogP contribution in [0.4, 0.5) is 0 Å². The Kier molecular flexibility index (Phi) is 3.17. The highest BCUT2D eigenvalue weighted by molar-refractivity contribution is 7.82. The van der Waals surface area contributed by atoms with Gasteiger partial charge in [-0.05, 0) is 12.1 Å².